The van der Waals surface area contributed by atoms with Gasteiger partial charge in [-0.05, 0) is 29.9 Å². The van der Waals surface area contributed by atoms with Crippen LogP contribution in [0.3, 0.4) is 0 Å². The van der Waals surface area contributed by atoms with Gasteiger partial charge in [0, 0.05) is 12.2 Å². The maximum atomic E-state index is 4.49. The molecule has 0 unspecified atom stereocenters. The zero-order chi connectivity index (χ0) is 15.9. The van der Waals surface area contributed by atoms with Crippen LogP contribution >= 0.6 is 0 Å². The Balaban J connectivity index is 2.22. The monoisotopic (exact) mass is 299 g/mol. The number of anilines is 3. The number of hydrogen-bond donors (Lipinski definition) is 2. The molecular formula is C17H25N5. The molecule has 0 atom stereocenters. The van der Waals surface area contributed by atoms with Crippen molar-refractivity contribution in [1.82, 2.24) is 15.2 Å². The van der Waals surface area contributed by atoms with Gasteiger partial charge in [-0.3, -0.25) is 0 Å². The molecule has 0 aliphatic rings. The van der Waals surface area contributed by atoms with E-state index in [4.69, 9.17) is 0 Å². The van der Waals surface area contributed by atoms with Crippen LogP contribution in [-0.2, 0) is 12.8 Å². The molecule has 1 heterocycles. The first-order chi connectivity index (χ1) is 10.6. The van der Waals surface area contributed by atoms with Gasteiger partial charge in [0.25, 0.3) is 0 Å². The Labute approximate surface area is 132 Å². The summed E-state index contributed by atoms with van der Waals surface area (Å²) in [5.41, 5.74) is 3.64. The van der Waals surface area contributed by atoms with E-state index in [2.05, 4.69) is 71.7 Å². The third kappa shape index (κ3) is 4.16. The van der Waals surface area contributed by atoms with Crippen LogP contribution in [0.1, 0.15) is 38.8 Å². The lowest BCUT2D eigenvalue weighted by Crippen LogP contribution is -2.11. The van der Waals surface area contributed by atoms with Gasteiger partial charge in [-0.15, -0.1) is 5.10 Å². The molecule has 2 rings (SSSR count). The summed E-state index contributed by atoms with van der Waals surface area (Å²) in [7, 11) is 0. The highest BCUT2D eigenvalue weighted by atomic mass is 15.3. The summed E-state index contributed by atoms with van der Waals surface area (Å²) in [6.07, 6.45) is 3.59. The minimum Gasteiger partial charge on any atom is -0.368 e. The van der Waals surface area contributed by atoms with Gasteiger partial charge in [-0.1, -0.05) is 45.9 Å². The van der Waals surface area contributed by atoms with E-state index in [9.17, 15) is 0 Å². The van der Waals surface area contributed by atoms with Crippen molar-refractivity contribution in [2.45, 2.75) is 40.5 Å². The average molecular weight is 299 g/mol. The van der Waals surface area contributed by atoms with Crippen molar-refractivity contribution in [1.29, 1.82) is 0 Å². The quantitative estimate of drug-likeness (QED) is 0.814. The van der Waals surface area contributed by atoms with Gasteiger partial charge in [0.15, 0.2) is 5.82 Å². The van der Waals surface area contributed by atoms with Gasteiger partial charge in [0.2, 0.25) is 5.95 Å². The number of rotatable bonds is 7. The van der Waals surface area contributed by atoms with Crippen LogP contribution < -0.4 is 10.6 Å². The van der Waals surface area contributed by atoms with Crippen molar-refractivity contribution >= 4 is 17.5 Å². The van der Waals surface area contributed by atoms with Crippen LogP contribution in [0.15, 0.2) is 24.4 Å². The first-order valence-electron chi connectivity index (χ1n) is 7.95. The van der Waals surface area contributed by atoms with E-state index >= 15 is 0 Å². The number of nitrogens with zero attached hydrogens (tertiary/aromatic N) is 3. The van der Waals surface area contributed by atoms with Gasteiger partial charge in [-0.2, -0.15) is 10.1 Å². The largest absolute Gasteiger partial charge is 0.368 e. The van der Waals surface area contributed by atoms with Crippen LogP contribution in [0.5, 0.6) is 0 Å². The second-order valence-electron chi connectivity index (χ2n) is 5.72. The summed E-state index contributed by atoms with van der Waals surface area (Å²) in [6, 6.07) is 6.37. The molecule has 0 amide bonds. The van der Waals surface area contributed by atoms with Gasteiger partial charge < -0.3 is 10.6 Å². The Morgan fingerprint density at radius 3 is 2.36 bits per heavy atom. The molecule has 2 aromatic rings. The highest BCUT2D eigenvalue weighted by molar-refractivity contribution is 5.64. The van der Waals surface area contributed by atoms with Crippen LogP contribution in [0.4, 0.5) is 17.5 Å². The van der Waals surface area contributed by atoms with Gasteiger partial charge >= 0.3 is 0 Å². The van der Waals surface area contributed by atoms with Crippen LogP contribution in [-0.4, -0.2) is 21.7 Å². The summed E-state index contributed by atoms with van der Waals surface area (Å²) in [4.78, 5) is 4.49. The summed E-state index contributed by atoms with van der Waals surface area (Å²) < 4.78 is 0. The predicted octanol–water partition coefficient (Wildman–Crippen LogP) is 3.81. The number of benzene rings is 1. The Kier molecular flexibility index (Phi) is 5.69. The van der Waals surface area contributed by atoms with Crippen molar-refractivity contribution in [2.24, 2.45) is 5.92 Å². The van der Waals surface area contributed by atoms with E-state index in [1.54, 1.807) is 6.20 Å². The lowest BCUT2D eigenvalue weighted by molar-refractivity contribution is 0.686. The fourth-order valence-electron chi connectivity index (χ4n) is 2.27. The zero-order valence-electron chi connectivity index (χ0n) is 13.8. The number of aromatic nitrogens is 3. The van der Waals surface area contributed by atoms with Crippen molar-refractivity contribution in [3.8, 4) is 0 Å². The molecule has 0 saturated carbocycles. The number of hydrogen-bond acceptors (Lipinski definition) is 5. The Morgan fingerprint density at radius 2 is 1.77 bits per heavy atom. The first-order valence-corrected chi connectivity index (χ1v) is 7.95. The van der Waals surface area contributed by atoms with Crippen LogP contribution in [0.25, 0.3) is 0 Å². The van der Waals surface area contributed by atoms with E-state index in [-0.39, 0.29) is 0 Å². The van der Waals surface area contributed by atoms with E-state index in [0.29, 0.717) is 11.9 Å². The van der Waals surface area contributed by atoms with Crippen LogP contribution in [0, 0.1) is 5.92 Å². The second-order valence-corrected chi connectivity index (χ2v) is 5.72. The van der Waals surface area contributed by atoms with Crippen molar-refractivity contribution in [3.05, 3.63) is 35.5 Å². The summed E-state index contributed by atoms with van der Waals surface area (Å²) in [5.74, 6) is 1.83. The molecular weight excluding hydrogens is 274 g/mol. The predicted molar refractivity (Wildman–Crippen MR) is 91.6 cm³/mol. The van der Waals surface area contributed by atoms with E-state index in [1.165, 1.54) is 11.1 Å². The van der Waals surface area contributed by atoms with Gasteiger partial charge in [-0.25, -0.2) is 0 Å². The molecule has 5 nitrogen and oxygen atoms in total. The molecule has 0 spiro atoms. The van der Waals surface area contributed by atoms with E-state index < -0.39 is 0 Å². The smallest absolute Gasteiger partial charge is 0.249 e. The highest BCUT2D eigenvalue weighted by Crippen LogP contribution is 2.25. The van der Waals surface area contributed by atoms with E-state index in [0.717, 1.165) is 30.9 Å². The summed E-state index contributed by atoms with van der Waals surface area (Å²) in [5, 5.41) is 14.8. The molecule has 22 heavy (non-hydrogen) atoms. The summed E-state index contributed by atoms with van der Waals surface area (Å²) in [6.45, 7) is 9.49. The fraction of sp³-hybridized carbons (Fsp3) is 0.471. The van der Waals surface area contributed by atoms with Crippen LogP contribution in [0.2, 0.25) is 0 Å². The normalized spacial score (nSPS) is 10.8. The minimum atomic E-state index is 0.532. The van der Waals surface area contributed by atoms with Crippen molar-refractivity contribution in [2.75, 3.05) is 17.2 Å². The fourth-order valence-corrected chi connectivity index (χ4v) is 2.27. The number of nitrogens with one attached hydrogen (secondary N) is 2. The Morgan fingerprint density at radius 1 is 1.09 bits per heavy atom. The molecule has 118 valence electrons. The summed E-state index contributed by atoms with van der Waals surface area (Å²) >= 11 is 0. The third-order valence-electron chi connectivity index (χ3n) is 3.49. The van der Waals surface area contributed by atoms with Crippen molar-refractivity contribution < 1.29 is 0 Å². The van der Waals surface area contributed by atoms with Crippen molar-refractivity contribution in [3.63, 3.8) is 0 Å². The highest BCUT2D eigenvalue weighted by Gasteiger charge is 2.09. The molecule has 0 aliphatic heterocycles. The molecule has 0 bridgehead atoms. The topological polar surface area (TPSA) is 62.7 Å². The average Bonchev–Trinajstić information content (AvgIpc) is 2.53. The number of para-hydroxylation sites is 1. The number of aryl methyl sites for hydroxylation is 2. The standard InChI is InChI=1S/C17H25N5/c1-5-13-8-7-9-14(6-2)16(13)21-17-20-15(11-19-22-17)18-10-12(3)4/h7-9,11-12H,5-6,10H2,1-4H3,(H2,18,20,21,22). The minimum absolute atomic E-state index is 0.532. The SMILES string of the molecule is CCc1cccc(CC)c1Nc1nncc(NCC(C)C)n1. The van der Waals surface area contributed by atoms with Gasteiger partial charge in [0.1, 0.15) is 0 Å². The molecule has 0 fully saturated rings. The second kappa shape index (κ2) is 7.73. The zero-order valence-corrected chi connectivity index (χ0v) is 13.8. The maximum Gasteiger partial charge on any atom is 0.249 e. The maximum absolute atomic E-state index is 4.49. The molecule has 0 radical (unpaired) electrons. The Bertz CT molecular complexity index is 587. The van der Waals surface area contributed by atoms with E-state index in [1.807, 2.05) is 0 Å². The molecule has 1 aromatic carbocycles. The molecule has 0 aliphatic carbocycles. The molecule has 0 saturated heterocycles. The first kappa shape index (κ1) is 16.2. The Hall–Kier alpha value is -2.17. The molecule has 2 N–H and O–H groups in total. The lowest BCUT2D eigenvalue weighted by Gasteiger charge is -2.14. The lowest BCUT2D eigenvalue weighted by atomic mass is 10.0. The molecule has 1 aromatic heterocycles. The van der Waals surface area contributed by atoms with Gasteiger partial charge in [0.05, 0.1) is 6.20 Å². The third-order valence-corrected chi connectivity index (χ3v) is 3.49. The molecule has 5 heteroatoms.